The lowest BCUT2D eigenvalue weighted by atomic mass is 10.2. The molecule has 0 aliphatic heterocycles. The predicted molar refractivity (Wildman–Crippen MR) is 73.5 cm³/mol. The van der Waals surface area contributed by atoms with Crippen molar-refractivity contribution < 1.29 is 4.42 Å². The van der Waals surface area contributed by atoms with Crippen molar-refractivity contribution in [2.24, 2.45) is 0 Å². The van der Waals surface area contributed by atoms with Crippen molar-refractivity contribution in [1.82, 2.24) is 24.6 Å². The van der Waals surface area contributed by atoms with Crippen LogP contribution in [0.25, 0.3) is 28.5 Å². The SMILES string of the molecule is Cc1c2nc(-c3ccccc3Cl)oc2nc2nncn12. The van der Waals surface area contributed by atoms with Gasteiger partial charge in [0.1, 0.15) is 11.8 Å². The standard InChI is InChI=1S/C13H8ClN5O/c1-7-10-12(17-13-18-15-6-19(7)13)20-11(16-10)8-4-2-3-5-9(8)14/h2-6H,1H3. The molecule has 0 bridgehead atoms. The van der Waals surface area contributed by atoms with Crippen LogP contribution in [-0.2, 0) is 0 Å². The number of fused-ring (bicyclic) bond motifs is 2. The molecule has 0 spiro atoms. The minimum absolute atomic E-state index is 0.429. The van der Waals surface area contributed by atoms with Crippen LogP contribution in [0.4, 0.5) is 0 Å². The van der Waals surface area contributed by atoms with Crippen molar-refractivity contribution in [3.63, 3.8) is 0 Å². The summed E-state index contributed by atoms with van der Waals surface area (Å²) in [5, 5.41) is 8.32. The number of oxazole rings is 1. The van der Waals surface area contributed by atoms with Crippen LogP contribution in [0.15, 0.2) is 35.0 Å². The highest BCUT2D eigenvalue weighted by molar-refractivity contribution is 6.33. The molecule has 4 rings (SSSR count). The normalized spacial score (nSPS) is 11.5. The predicted octanol–water partition coefficient (Wildman–Crippen LogP) is 2.89. The Balaban J connectivity index is 2.04. The molecule has 6 nitrogen and oxygen atoms in total. The fourth-order valence-corrected chi connectivity index (χ4v) is 2.34. The minimum atomic E-state index is 0.429. The highest BCUT2D eigenvalue weighted by Crippen LogP contribution is 2.30. The third kappa shape index (κ3) is 1.51. The molecular formula is C13H8ClN5O. The summed E-state index contributed by atoms with van der Waals surface area (Å²) >= 11 is 6.16. The molecule has 3 heterocycles. The van der Waals surface area contributed by atoms with E-state index in [-0.39, 0.29) is 0 Å². The third-order valence-electron chi connectivity index (χ3n) is 3.15. The maximum absolute atomic E-state index is 6.16. The molecule has 0 N–H and O–H groups in total. The van der Waals surface area contributed by atoms with Gasteiger partial charge in [-0.2, -0.15) is 4.98 Å². The van der Waals surface area contributed by atoms with Crippen LogP contribution in [0.5, 0.6) is 0 Å². The first-order valence-electron chi connectivity index (χ1n) is 5.96. The third-order valence-corrected chi connectivity index (χ3v) is 3.48. The zero-order chi connectivity index (χ0) is 13.7. The first-order valence-corrected chi connectivity index (χ1v) is 6.33. The van der Waals surface area contributed by atoms with E-state index in [0.717, 1.165) is 11.3 Å². The van der Waals surface area contributed by atoms with Gasteiger partial charge in [0.15, 0.2) is 0 Å². The monoisotopic (exact) mass is 285 g/mol. The van der Waals surface area contributed by atoms with Crippen molar-refractivity contribution in [1.29, 1.82) is 0 Å². The van der Waals surface area contributed by atoms with Crippen molar-refractivity contribution >= 4 is 28.6 Å². The van der Waals surface area contributed by atoms with Gasteiger partial charge in [-0.1, -0.05) is 23.7 Å². The van der Waals surface area contributed by atoms with Gasteiger partial charge in [-0.25, -0.2) is 4.98 Å². The van der Waals surface area contributed by atoms with Crippen LogP contribution >= 0.6 is 11.6 Å². The fraction of sp³-hybridized carbons (Fsp3) is 0.0769. The molecule has 3 aromatic heterocycles. The maximum atomic E-state index is 6.16. The summed E-state index contributed by atoms with van der Waals surface area (Å²) in [6.07, 6.45) is 1.60. The Morgan fingerprint density at radius 3 is 2.90 bits per heavy atom. The van der Waals surface area contributed by atoms with Gasteiger partial charge in [0.05, 0.1) is 16.3 Å². The molecule has 20 heavy (non-hydrogen) atoms. The van der Waals surface area contributed by atoms with Gasteiger partial charge < -0.3 is 4.42 Å². The van der Waals surface area contributed by atoms with Gasteiger partial charge >= 0.3 is 0 Å². The molecule has 0 unspecified atom stereocenters. The van der Waals surface area contributed by atoms with Crippen molar-refractivity contribution in [2.45, 2.75) is 6.92 Å². The van der Waals surface area contributed by atoms with Gasteiger partial charge in [-0.3, -0.25) is 4.40 Å². The van der Waals surface area contributed by atoms with E-state index in [1.807, 2.05) is 25.1 Å². The fourth-order valence-electron chi connectivity index (χ4n) is 2.12. The summed E-state index contributed by atoms with van der Waals surface area (Å²) in [6.45, 7) is 1.92. The summed E-state index contributed by atoms with van der Waals surface area (Å²) in [6, 6.07) is 7.39. The summed E-state index contributed by atoms with van der Waals surface area (Å²) in [7, 11) is 0. The van der Waals surface area contributed by atoms with E-state index in [2.05, 4.69) is 20.2 Å². The van der Waals surface area contributed by atoms with Crippen LogP contribution in [0.1, 0.15) is 5.69 Å². The van der Waals surface area contributed by atoms with Gasteiger partial charge in [0.2, 0.25) is 5.89 Å². The molecule has 7 heteroatoms. The largest absolute Gasteiger partial charge is 0.417 e. The average Bonchev–Trinajstić information content (AvgIpc) is 3.06. The number of rotatable bonds is 1. The molecule has 0 radical (unpaired) electrons. The second-order valence-electron chi connectivity index (χ2n) is 4.35. The second-order valence-corrected chi connectivity index (χ2v) is 4.76. The first-order chi connectivity index (χ1) is 9.74. The van der Waals surface area contributed by atoms with Crippen LogP contribution in [0.2, 0.25) is 5.02 Å². The van der Waals surface area contributed by atoms with E-state index in [0.29, 0.717) is 27.9 Å². The zero-order valence-corrected chi connectivity index (χ0v) is 11.2. The van der Waals surface area contributed by atoms with E-state index in [9.17, 15) is 0 Å². The number of aromatic nitrogens is 5. The molecule has 0 amide bonds. The Hall–Kier alpha value is -2.47. The molecule has 0 saturated heterocycles. The lowest BCUT2D eigenvalue weighted by Crippen LogP contribution is -1.94. The number of aryl methyl sites for hydroxylation is 1. The number of hydrogen-bond donors (Lipinski definition) is 0. The Morgan fingerprint density at radius 1 is 1.20 bits per heavy atom. The lowest BCUT2D eigenvalue weighted by molar-refractivity contribution is 0.608. The van der Waals surface area contributed by atoms with Crippen LogP contribution in [0.3, 0.4) is 0 Å². The minimum Gasteiger partial charge on any atom is -0.417 e. The molecule has 0 aliphatic rings. The molecule has 0 saturated carbocycles. The van der Waals surface area contributed by atoms with E-state index in [4.69, 9.17) is 16.0 Å². The average molecular weight is 286 g/mol. The first kappa shape index (κ1) is 11.4. The van der Waals surface area contributed by atoms with Gasteiger partial charge in [-0.05, 0) is 19.1 Å². The summed E-state index contributed by atoms with van der Waals surface area (Å²) in [5.41, 5.74) is 2.71. The van der Waals surface area contributed by atoms with Crippen molar-refractivity contribution in [3.8, 4) is 11.5 Å². The topological polar surface area (TPSA) is 69.1 Å². The number of halogens is 1. The summed E-state index contributed by atoms with van der Waals surface area (Å²) in [5.74, 6) is 0.930. The highest BCUT2D eigenvalue weighted by Gasteiger charge is 2.16. The Labute approximate surface area is 118 Å². The molecule has 0 fully saturated rings. The second kappa shape index (κ2) is 4.01. The van der Waals surface area contributed by atoms with Gasteiger partial charge in [0.25, 0.3) is 11.5 Å². The van der Waals surface area contributed by atoms with Gasteiger partial charge in [-0.15, -0.1) is 10.2 Å². The Morgan fingerprint density at radius 2 is 2.05 bits per heavy atom. The molecule has 98 valence electrons. The lowest BCUT2D eigenvalue weighted by Gasteiger charge is -1.96. The van der Waals surface area contributed by atoms with Crippen molar-refractivity contribution in [3.05, 3.63) is 41.3 Å². The Bertz CT molecular complexity index is 942. The van der Waals surface area contributed by atoms with Gasteiger partial charge in [0, 0.05) is 0 Å². The molecule has 1 aromatic carbocycles. The molecular weight excluding hydrogens is 278 g/mol. The quantitative estimate of drug-likeness (QED) is 0.538. The maximum Gasteiger partial charge on any atom is 0.258 e. The van der Waals surface area contributed by atoms with E-state index >= 15 is 0 Å². The van der Waals surface area contributed by atoms with E-state index < -0.39 is 0 Å². The highest BCUT2D eigenvalue weighted by atomic mass is 35.5. The molecule has 0 atom stereocenters. The Kier molecular flexibility index (Phi) is 2.28. The molecule has 4 aromatic rings. The molecule has 0 aliphatic carbocycles. The van der Waals surface area contributed by atoms with Crippen LogP contribution in [0, 0.1) is 6.92 Å². The zero-order valence-electron chi connectivity index (χ0n) is 10.4. The smallest absolute Gasteiger partial charge is 0.258 e. The van der Waals surface area contributed by atoms with Crippen LogP contribution < -0.4 is 0 Å². The van der Waals surface area contributed by atoms with E-state index in [1.165, 1.54) is 0 Å². The number of hydrogen-bond acceptors (Lipinski definition) is 5. The van der Waals surface area contributed by atoms with E-state index in [1.54, 1.807) is 16.8 Å². The summed E-state index contributed by atoms with van der Waals surface area (Å²) < 4.78 is 7.47. The number of nitrogens with zero attached hydrogens (tertiary/aromatic N) is 5. The summed E-state index contributed by atoms with van der Waals surface area (Å²) in [4.78, 5) is 8.77. The number of benzene rings is 1. The van der Waals surface area contributed by atoms with Crippen molar-refractivity contribution in [2.75, 3.05) is 0 Å². The van der Waals surface area contributed by atoms with Crippen LogP contribution in [-0.4, -0.2) is 24.6 Å².